The number of ether oxygens (including phenoxy) is 3. The van der Waals surface area contributed by atoms with Crippen LogP contribution in [-0.2, 0) is 20.8 Å². The van der Waals surface area contributed by atoms with Crippen molar-refractivity contribution in [3.8, 4) is 10.8 Å². The van der Waals surface area contributed by atoms with Crippen molar-refractivity contribution in [2.24, 2.45) is 0 Å². The summed E-state index contributed by atoms with van der Waals surface area (Å²) in [6.07, 6.45) is 4.29. The quantitative estimate of drug-likeness (QED) is 0.243. The van der Waals surface area contributed by atoms with Gasteiger partial charge in [-0.25, -0.2) is 18.4 Å². The number of hydrogen-bond donors (Lipinski definition) is 0. The Labute approximate surface area is 245 Å². The highest BCUT2D eigenvalue weighted by Crippen LogP contribution is 2.34. The lowest BCUT2D eigenvalue weighted by atomic mass is 10.1. The zero-order valence-corrected chi connectivity index (χ0v) is 24.9. The molecule has 4 heterocycles. The number of nitrogens with zero attached hydrogens (tertiary/aromatic N) is 5. The summed E-state index contributed by atoms with van der Waals surface area (Å²) >= 11 is 1.24. The van der Waals surface area contributed by atoms with Crippen LogP contribution in [0, 0.1) is 12.7 Å². The van der Waals surface area contributed by atoms with Crippen LogP contribution in [0.15, 0.2) is 46.2 Å². The average molecular weight is 600 g/mol. The third-order valence-corrected chi connectivity index (χ3v) is 8.89. The predicted molar refractivity (Wildman–Crippen MR) is 156 cm³/mol. The van der Waals surface area contributed by atoms with Gasteiger partial charge in [-0.3, -0.25) is 14.2 Å². The van der Waals surface area contributed by atoms with Crippen LogP contribution in [0.4, 0.5) is 4.39 Å². The molecule has 5 rings (SSSR count). The summed E-state index contributed by atoms with van der Waals surface area (Å²) in [5.74, 6) is -0.391. The summed E-state index contributed by atoms with van der Waals surface area (Å²) in [5.41, 5.74) is -0.171. The zero-order valence-electron chi connectivity index (χ0n) is 24.0. The molecule has 1 fully saturated rings. The number of likely N-dealkylation sites (tertiary alicyclic amines) is 1. The highest BCUT2D eigenvalue weighted by molar-refractivity contribution is 7.21. The van der Waals surface area contributed by atoms with Gasteiger partial charge in [0.25, 0.3) is 5.56 Å². The second-order valence-corrected chi connectivity index (χ2v) is 11.2. The normalized spacial score (nSPS) is 14.9. The number of rotatable bonds is 11. The summed E-state index contributed by atoms with van der Waals surface area (Å²) < 4.78 is 35.4. The van der Waals surface area contributed by atoms with Gasteiger partial charge in [-0.1, -0.05) is 11.3 Å². The van der Waals surface area contributed by atoms with E-state index in [1.165, 1.54) is 48.3 Å². The third-order valence-electron chi connectivity index (χ3n) is 7.59. The molecule has 4 aromatic rings. The minimum absolute atomic E-state index is 0.0811. The van der Waals surface area contributed by atoms with Crippen molar-refractivity contribution in [3.63, 3.8) is 0 Å². The Morgan fingerprint density at radius 3 is 2.60 bits per heavy atom. The molecule has 0 radical (unpaired) electrons. The van der Waals surface area contributed by atoms with Gasteiger partial charge in [-0.05, 0) is 51.0 Å². The number of carbonyl (C=O) groups is 1. The number of fused-ring (bicyclic) bond motifs is 1. The number of methoxy groups -OCH3 is 2. The van der Waals surface area contributed by atoms with Gasteiger partial charge in [0, 0.05) is 43.7 Å². The van der Waals surface area contributed by atoms with Crippen molar-refractivity contribution in [3.05, 3.63) is 74.4 Å². The Kier molecular flexibility index (Phi) is 8.90. The number of carbonyl (C=O) groups excluding carboxylic acids is 1. The zero-order chi connectivity index (χ0) is 30.0. The molecular formula is C29H34FN5O6S. The first-order valence-corrected chi connectivity index (χ1v) is 14.6. The maximum absolute atomic E-state index is 14.5. The van der Waals surface area contributed by atoms with Crippen LogP contribution < -0.4 is 16.0 Å². The first-order valence-electron chi connectivity index (χ1n) is 13.8. The van der Waals surface area contributed by atoms with Crippen molar-refractivity contribution in [2.75, 3.05) is 40.5 Å². The van der Waals surface area contributed by atoms with Crippen LogP contribution in [-0.4, -0.2) is 70.2 Å². The minimum atomic E-state index is -1.03. The van der Waals surface area contributed by atoms with Gasteiger partial charge < -0.3 is 19.1 Å². The first-order chi connectivity index (χ1) is 20.3. The summed E-state index contributed by atoms with van der Waals surface area (Å²) in [5, 5.41) is 5.30. The van der Waals surface area contributed by atoms with E-state index < -0.39 is 29.2 Å². The third kappa shape index (κ3) is 5.51. The summed E-state index contributed by atoms with van der Waals surface area (Å²) in [7, 11) is 3.01. The molecule has 1 aliphatic heterocycles. The van der Waals surface area contributed by atoms with Crippen LogP contribution in [0.5, 0.6) is 5.75 Å². The van der Waals surface area contributed by atoms with E-state index in [0.29, 0.717) is 45.2 Å². The summed E-state index contributed by atoms with van der Waals surface area (Å²) in [6, 6.07) is 4.83. The maximum atomic E-state index is 14.5. The van der Waals surface area contributed by atoms with Gasteiger partial charge in [-0.2, -0.15) is 5.10 Å². The van der Waals surface area contributed by atoms with Crippen LogP contribution in [0.2, 0.25) is 0 Å². The van der Waals surface area contributed by atoms with Crippen LogP contribution in [0.25, 0.3) is 15.2 Å². The molecule has 1 aliphatic rings. The Bertz CT molecular complexity index is 1690. The second kappa shape index (κ2) is 12.6. The number of aromatic nitrogens is 4. The van der Waals surface area contributed by atoms with Crippen molar-refractivity contribution < 1.29 is 23.4 Å². The Balaban J connectivity index is 1.72. The van der Waals surface area contributed by atoms with Gasteiger partial charge in [0.1, 0.15) is 33.5 Å². The van der Waals surface area contributed by atoms with E-state index in [2.05, 4.69) is 5.10 Å². The maximum Gasteiger partial charge on any atom is 0.332 e. The molecule has 1 amide bonds. The van der Waals surface area contributed by atoms with Crippen molar-refractivity contribution >= 4 is 27.5 Å². The number of aryl methyl sites for hydroxylation is 1. The van der Waals surface area contributed by atoms with Gasteiger partial charge in [-0.15, -0.1) is 0 Å². The number of halogens is 1. The molecule has 3 aromatic heterocycles. The van der Waals surface area contributed by atoms with Crippen LogP contribution >= 0.6 is 11.3 Å². The fourth-order valence-corrected chi connectivity index (χ4v) is 6.66. The molecule has 11 nitrogen and oxygen atoms in total. The van der Waals surface area contributed by atoms with E-state index in [1.54, 1.807) is 41.9 Å². The fraction of sp³-hybridized carbons (Fsp3) is 0.448. The number of amides is 1. The number of benzene rings is 1. The van der Waals surface area contributed by atoms with Gasteiger partial charge >= 0.3 is 5.69 Å². The molecule has 224 valence electrons. The largest absolute Gasteiger partial charge is 0.496 e. The fourth-order valence-electron chi connectivity index (χ4n) is 5.41. The number of hydrogen-bond acceptors (Lipinski definition) is 8. The highest BCUT2D eigenvalue weighted by Gasteiger charge is 2.31. The Hall–Kier alpha value is -3.81. The van der Waals surface area contributed by atoms with E-state index in [-0.39, 0.29) is 25.7 Å². The molecular weight excluding hydrogens is 565 g/mol. The standard InChI is InChI=1S/C29H34FN5O6S/c1-18-24-26(37)35(19(2)25(36)32-11-5-6-12-32)29(38)33(28(24)42-27(18)34-13-7-10-31-34)17-23(41-15-14-39-3)21-16-20(30)8-9-22(21)40-4/h7-10,13,16,19,23H,5-6,11-12,14-15,17H2,1-4H3/t19?,23-/m0/s1. The molecule has 0 spiro atoms. The number of thiophene rings is 1. The minimum Gasteiger partial charge on any atom is -0.496 e. The summed E-state index contributed by atoms with van der Waals surface area (Å²) in [6.45, 7) is 4.89. The van der Waals surface area contributed by atoms with E-state index in [1.807, 2.05) is 0 Å². The molecule has 2 atom stereocenters. The lowest BCUT2D eigenvalue weighted by Crippen LogP contribution is -2.47. The predicted octanol–water partition coefficient (Wildman–Crippen LogP) is 3.45. The molecule has 13 heteroatoms. The molecule has 0 aliphatic carbocycles. The average Bonchev–Trinajstić information content (AvgIpc) is 3.76. The van der Waals surface area contributed by atoms with E-state index in [9.17, 15) is 18.8 Å². The smallest absolute Gasteiger partial charge is 0.332 e. The van der Waals surface area contributed by atoms with Crippen molar-refractivity contribution in [1.29, 1.82) is 0 Å². The molecule has 1 saturated heterocycles. The topological polar surface area (TPSA) is 110 Å². The Morgan fingerprint density at radius 2 is 1.93 bits per heavy atom. The van der Waals surface area contributed by atoms with E-state index >= 15 is 0 Å². The van der Waals surface area contributed by atoms with Crippen molar-refractivity contribution in [2.45, 2.75) is 45.4 Å². The SMILES string of the molecule is COCCO[C@@H](Cn1c(=O)n(C(C)C(=O)N2CCCC2)c(=O)c2c(C)c(-n3cccn3)sc21)c1cc(F)ccc1OC. The Morgan fingerprint density at radius 1 is 1.17 bits per heavy atom. The van der Waals surface area contributed by atoms with Crippen LogP contribution in [0.3, 0.4) is 0 Å². The second-order valence-electron chi connectivity index (χ2n) is 10.2. The molecule has 0 N–H and O–H groups in total. The van der Waals surface area contributed by atoms with E-state index in [4.69, 9.17) is 14.2 Å². The monoisotopic (exact) mass is 599 g/mol. The first kappa shape index (κ1) is 29.7. The van der Waals surface area contributed by atoms with E-state index in [0.717, 1.165) is 17.4 Å². The van der Waals surface area contributed by atoms with Crippen LogP contribution in [0.1, 0.15) is 43.0 Å². The highest BCUT2D eigenvalue weighted by atomic mass is 32.1. The molecule has 42 heavy (non-hydrogen) atoms. The lowest BCUT2D eigenvalue weighted by molar-refractivity contribution is -0.133. The van der Waals surface area contributed by atoms with Gasteiger partial charge in [0.05, 0.1) is 32.3 Å². The van der Waals surface area contributed by atoms with Crippen molar-refractivity contribution in [1.82, 2.24) is 23.8 Å². The molecule has 0 bridgehead atoms. The van der Waals surface area contributed by atoms with Gasteiger partial charge in [0.15, 0.2) is 0 Å². The summed E-state index contributed by atoms with van der Waals surface area (Å²) in [4.78, 5) is 43.8. The molecule has 1 aromatic carbocycles. The molecule has 0 saturated carbocycles. The molecule has 1 unspecified atom stereocenters. The van der Waals surface area contributed by atoms with Gasteiger partial charge in [0.2, 0.25) is 5.91 Å². The lowest BCUT2D eigenvalue weighted by Gasteiger charge is -2.24.